The van der Waals surface area contributed by atoms with E-state index in [1.807, 2.05) is 72.8 Å². The van der Waals surface area contributed by atoms with Crippen LogP contribution in [0.4, 0.5) is 5.82 Å². The Balaban J connectivity index is 1.49. The molecule has 0 aliphatic carbocycles. The van der Waals surface area contributed by atoms with Crippen LogP contribution in [-0.4, -0.2) is 82.2 Å². The molecule has 0 spiro atoms. The number of ether oxygens (including phenoxy) is 4. The van der Waals surface area contributed by atoms with E-state index in [9.17, 15) is 14.7 Å². The molecule has 5 N–H and O–H groups in total. The molecule has 15 nitrogen and oxygen atoms in total. The number of hydrogen-bond acceptors (Lipinski definition) is 12. The molecule has 286 valence electrons. The number of rotatable bonds is 20. The highest BCUT2D eigenvalue weighted by Gasteiger charge is 2.36. The highest BCUT2D eigenvalue weighted by molar-refractivity contribution is 7.59. The SMILES string of the molecule is CCOC(=O)[C@H](Cc1ccccc1)NP(=O)(Cc1cccc(Cn2c(O)nc3c(N)nc(OCCOC)nc32)c1)N[C@@H](Cc1ccccc1)C(=O)OCC. The van der Waals surface area contributed by atoms with E-state index in [0.717, 1.165) is 11.1 Å². The van der Waals surface area contributed by atoms with Crippen molar-refractivity contribution in [2.45, 2.75) is 51.5 Å². The molecule has 5 rings (SSSR count). The van der Waals surface area contributed by atoms with Crippen molar-refractivity contribution in [3.63, 3.8) is 0 Å². The second-order valence-corrected chi connectivity index (χ2v) is 14.7. The monoisotopic (exact) mass is 759 g/mol. The van der Waals surface area contributed by atoms with Gasteiger partial charge >= 0.3 is 17.9 Å². The molecule has 0 unspecified atom stereocenters. The fourth-order valence-corrected chi connectivity index (χ4v) is 8.23. The molecule has 0 fully saturated rings. The Kier molecular flexibility index (Phi) is 14.1. The molecule has 5 aromatic rings. The average Bonchev–Trinajstić information content (AvgIpc) is 3.47. The minimum atomic E-state index is -3.88. The Hall–Kier alpha value is -5.34. The van der Waals surface area contributed by atoms with Crippen LogP contribution >= 0.6 is 7.44 Å². The maximum atomic E-state index is 15.3. The van der Waals surface area contributed by atoms with E-state index in [1.54, 1.807) is 33.1 Å². The highest BCUT2D eigenvalue weighted by atomic mass is 31.2. The number of carbonyl (C=O) groups excluding carboxylic acids is 2. The van der Waals surface area contributed by atoms with Gasteiger partial charge in [-0.05, 0) is 48.9 Å². The molecule has 2 aromatic heterocycles. The number of esters is 2. The minimum absolute atomic E-state index is 0.00310. The number of anilines is 1. The number of nitrogen functional groups attached to an aromatic ring is 1. The lowest BCUT2D eigenvalue weighted by Crippen LogP contribution is -2.46. The molecule has 2 heterocycles. The second kappa shape index (κ2) is 19.1. The van der Waals surface area contributed by atoms with Crippen molar-refractivity contribution >= 4 is 36.4 Å². The summed E-state index contributed by atoms with van der Waals surface area (Å²) >= 11 is 0. The lowest BCUT2D eigenvalue weighted by atomic mass is 10.1. The summed E-state index contributed by atoms with van der Waals surface area (Å²) in [6.07, 6.45) is 0.256. The van der Waals surface area contributed by atoms with Crippen LogP contribution in [0.5, 0.6) is 12.0 Å². The fraction of sp³-hybridized carbons (Fsp3) is 0.342. The quantitative estimate of drug-likeness (QED) is 0.0494. The zero-order valence-electron chi connectivity index (χ0n) is 30.5. The molecule has 0 amide bonds. The summed E-state index contributed by atoms with van der Waals surface area (Å²) in [5.74, 6) is -1.13. The molecule has 0 saturated heterocycles. The Morgan fingerprint density at radius 3 is 1.91 bits per heavy atom. The third-order valence-corrected chi connectivity index (χ3v) is 10.5. The lowest BCUT2D eigenvalue weighted by Gasteiger charge is -2.29. The number of carbonyl (C=O) groups is 2. The van der Waals surface area contributed by atoms with Crippen molar-refractivity contribution in [2.24, 2.45) is 0 Å². The third-order valence-electron chi connectivity index (χ3n) is 8.27. The number of benzene rings is 3. The van der Waals surface area contributed by atoms with Gasteiger partial charge in [-0.2, -0.15) is 15.0 Å². The summed E-state index contributed by atoms with van der Waals surface area (Å²) in [6.45, 7) is 4.26. The van der Waals surface area contributed by atoms with Gasteiger partial charge in [-0.15, -0.1) is 0 Å². The van der Waals surface area contributed by atoms with Crippen LogP contribution in [0.3, 0.4) is 0 Å². The van der Waals surface area contributed by atoms with Gasteiger partial charge in [-0.25, -0.2) is 10.2 Å². The Morgan fingerprint density at radius 2 is 1.35 bits per heavy atom. The predicted octanol–water partition coefficient (Wildman–Crippen LogP) is 4.41. The third kappa shape index (κ3) is 10.9. The normalized spacial score (nSPS) is 12.6. The van der Waals surface area contributed by atoms with Crippen LogP contribution in [0.15, 0.2) is 84.9 Å². The first-order valence-corrected chi connectivity index (χ1v) is 19.5. The predicted molar refractivity (Wildman–Crippen MR) is 203 cm³/mol. The van der Waals surface area contributed by atoms with Crippen molar-refractivity contribution in [2.75, 3.05) is 39.3 Å². The summed E-state index contributed by atoms with van der Waals surface area (Å²) in [5, 5.41) is 17.0. The first-order valence-electron chi connectivity index (χ1n) is 17.6. The van der Waals surface area contributed by atoms with Gasteiger partial charge in [-0.3, -0.25) is 18.7 Å². The second-order valence-electron chi connectivity index (χ2n) is 12.4. The Morgan fingerprint density at radius 1 is 0.796 bits per heavy atom. The van der Waals surface area contributed by atoms with Crippen LogP contribution in [0.2, 0.25) is 0 Å². The molecule has 54 heavy (non-hydrogen) atoms. The topological polar surface area (TPSA) is 202 Å². The van der Waals surface area contributed by atoms with Gasteiger partial charge in [0.25, 0.3) is 6.01 Å². The average molecular weight is 760 g/mol. The fourth-order valence-electron chi connectivity index (χ4n) is 5.86. The Labute approximate surface area is 313 Å². The molecule has 0 radical (unpaired) electrons. The summed E-state index contributed by atoms with van der Waals surface area (Å²) < 4.78 is 38.2. The molecule has 0 aliphatic heterocycles. The van der Waals surface area contributed by atoms with Crippen LogP contribution in [-0.2, 0) is 53.9 Å². The van der Waals surface area contributed by atoms with Gasteiger partial charge < -0.3 is 29.8 Å². The number of aromatic nitrogens is 4. The van der Waals surface area contributed by atoms with E-state index in [1.165, 1.54) is 4.57 Å². The number of methoxy groups -OCH3 is 1. The zero-order valence-corrected chi connectivity index (χ0v) is 31.4. The van der Waals surface area contributed by atoms with Crippen molar-refractivity contribution in [1.82, 2.24) is 29.7 Å². The molecule has 0 saturated carbocycles. The molecular weight excluding hydrogens is 713 g/mol. The number of imidazole rings is 1. The lowest BCUT2D eigenvalue weighted by molar-refractivity contribution is -0.145. The first kappa shape index (κ1) is 39.9. The first-order chi connectivity index (χ1) is 26.1. The Bertz CT molecular complexity index is 1980. The van der Waals surface area contributed by atoms with Crippen molar-refractivity contribution in [3.8, 4) is 12.0 Å². The zero-order chi connectivity index (χ0) is 38.5. The highest BCUT2D eigenvalue weighted by Crippen LogP contribution is 2.43. The van der Waals surface area contributed by atoms with Crippen molar-refractivity contribution < 1.29 is 38.2 Å². The van der Waals surface area contributed by atoms with Gasteiger partial charge in [-0.1, -0.05) is 84.9 Å². The van der Waals surface area contributed by atoms with Crippen LogP contribution < -0.4 is 20.6 Å². The number of nitrogens with one attached hydrogen (secondary N) is 2. The van der Waals surface area contributed by atoms with Gasteiger partial charge in [0.15, 0.2) is 17.0 Å². The standard InChI is InChI=1S/C38H46N7O8P/c1-4-51-35(46)30(22-26-13-8-6-9-14-26)43-54(49,44-31(36(47)52-5-2)23-27-15-10-7-11-16-27)25-29-18-12-17-28(21-29)24-45-34-32(40-38(45)48)33(39)41-37(42-34)53-20-19-50-3/h6-18,21,30-31H,4-5,19-20,22-25H2,1-3H3,(H,40,48)(H2,39,41,42)(H2,43,44,49)/t30-,31-/m0/s1. The van der Waals surface area contributed by atoms with Gasteiger partial charge in [0.2, 0.25) is 7.44 Å². The van der Waals surface area contributed by atoms with E-state index in [4.69, 9.17) is 24.7 Å². The number of hydrogen-bond donors (Lipinski definition) is 4. The van der Waals surface area contributed by atoms with Gasteiger partial charge in [0.05, 0.1) is 32.5 Å². The molecule has 2 atom stereocenters. The maximum Gasteiger partial charge on any atom is 0.323 e. The van der Waals surface area contributed by atoms with Crippen LogP contribution in [0, 0.1) is 0 Å². The number of nitrogens with zero attached hydrogens (tertiary/aromatic N) is 4. The minimum Gasteiger partial charge on any atom is -0.480 e. The van der Waals surface area contributed by atoms with E-state index in [-0.39, 0.29) is 74.4 Å². The molecule has 0 bridgehead atoms. The smallest absolute Gasteiger partial charge is 0.323 e. The van der Waals surface area contributed by atoms with E-state index in [2.05, 4.69) is 25.1 Å². The summed E-state index contributed by atoms with van der Waals surface area (Å²) in [7, 11) is -2.34. The van der Waals surface area contributed by atoms with E-state index >= 15 is 4.57 Å². The van der Waals surface area contributed by atoms with Gasteiger partial charge in [0, 0.05) is 7.11 Å². The van der Waals surface area contributed by atoms with Crippen LogP contribution in [0.25, 0.3) is 11.2 Å². The number of fused-ring (bicyclic) bond motifs is 1. The van der Waals surface area contributed by atoms with Gasteiger partial charge in [0.1, 0.15) is 18.7 Å². The van der Waals surface area contributed by atoms with Crippen molar-refractivity contribution in [3.05, 3.63) is 107 Å². The van der Waals surface area contributed by atoms with Crippen molar-refractivity contribution in [1.29, 1.82) is 0 Å². The maximum absolute atomic E-state index is 15.3. The molecular formula is C38H46N7O8P. The largest absolute Gasteiger partial charge is 0.480 e. The van der Waals surface area contributed by atoms with E-state index < -0.39 is 31.5 Å². The molecule has 0 aliphatic rings. The molecule has 16 heteroatoms. The number of aromatic hydroxyl groups is 1. The van der Waals surface area contributed by atoms with E-state index in [0.29, 0.717) is 17.7 Å². The summed E-state index contributed by atoms with van der Waals surface area (Å²) in [6, 6.07) is 23.5. The number of nitrogens with two attached hydrogens (primary N) is 1. The van der Waals surface area contributed by atoms with Crippen LogP contribution in [0.1, 0.15) is 36.1 Å². The molecule has 3 aromatic carbocycles. The summed E-state index contributed by atoms with van der Waals surface area (Å²) in [5.41, 5.74) is 9.55. The summed E-state index contributed by atoms with van der Waals surface area (Å²) in [4.78, 5) is 39.5.